The Kier molecular flexibility index (Phi) is 7.57. The monoisotopic (exact) mass is 348 g/mol. The molecule has 1 aromatic rings. The van der Waals surface area contributed by atoms with Gasteiger partial charge in [0.1, 0.15) is 0 Å². The lowest BCUT2D eigenvalue weighted by Crippen LogP contribution is -2.49. The van der Waals surface area contributed by atoms with Crippen LogP contribution in [0, 0.1) is 5.92 Å². The van der Waals surface area contributed by atoms with Gasteiger partial charge < -0.3 is 36.3 Å². The summed E-state index contributed by atoms with van der Waals surface area (Å²) in [6.07, 6.45) is 1.03. The van der Waals surface area contributed by atoms with Crippen molar-refractivity contribution in [2.24, 2.45) is 16.9 Å². The Balaban J connectivity index is 2.39. The van der Waals surface area contributed by atoms with E-state index in [0.717, 1.165) is 5.56 Å². The minimum absolute atomic E-state index is 0.168. The summed E-state index contributed by atoms with van der Waals surface area (Å²) in [7, 11) is 0. The van der Waals surface area contributed by atoms with Crippen molar-refractivity contribution >= 4 is 35.7 Å². The van der Waals surface area contributed by atoms with Crippen LogP contribution < -0.4 is 26.7 Å². The van der Waals surface area contributed by atoms with E-state index in [4.69, 9.17) is 5.84 Å². The van der Waals surface area contributed by atoms with E-state index in [9.17, 15) is 29.4 Å². The van der Waals surface area contributed by atoms with Gasteiger partial charge in [-0.3, -0.25) is 9.59 Å². The lowest BCUT2D eigenvalue weighted by atomic mass is 10.1. The van der Waals surface area contributed by atoms with E-state index in [-0.39, 0.29) is 12.8 Å². The van der Waals surface area contributed by atoms with Crippen LogP contribution in [0.1, 0.15) is 18.4 Å². The van der Waals surface area contributed by atoms with Crippen molar-refractivity contribution in [3.63, 3.8) is 0 Å². The molecule has 0 aliphatic heterocycles. The number of rotatable bonds is 9. The second kappa shape index (κ2) is 9.65. The first kappa shape index (κ1) is 19.6. The number of aliphatic carboxylic acids is 2. The van der Waals surface area contributed by atoms with Crippen molar-refractivity contribution in [3.8, 4) is 0 Å². The van der Waals surface area contributed by atoms with Crippen LogP contribution in [-0.4, -0.2) is 36.5 Å². The molecule has 2 amide bonds. The molecule has 10 heteroatoms. The third-order valence-electron chi connectivity index (χ3n) is 3.07. The van der Waals surface area contributed by atoms with Crippen LogP contribution in [0.15, 0.2) is 29.4 Å². The number of carbonyl (C=O) groups excluding carboxylic acids is 4. The highest BCUT2D eigenvalue weighted by molar-refractivity contribution is 5.94. The zero-order valence-corrected chi connectivity index (χ0v) is 13.1. The molecular formula is C15H16N4O6-2. The number of hydrazone groups is 1. The van der Waals surface area contributed by atoms with Crippen LogP contribution in [0.25, 0.3) is 0 Å². The molecule has 134 valence electrons. The minimum Gasteiger partial charge on any atom is -0.549 e. The highest BCUT2D eigenvalue weighted by atomic mass is 16.4. The van der Waals surface area contributed by atoms with E-state index in [1.165, 1.54) is 6.21 Å². The first-order valence-corrected chi connectivity index (χ1v) is 7.15. The molecular weight excluding hydrogens is 332 g/mol. The summed E-state index contributed by atoms with van der Waals surface area (Å²) in [5, 5.41) is 29.1. The lowest BCUT2D eigenvalue weighted by molar-refractivity contribution is -0.331. The molecule has 0 spiro atoms. The van der Waals surface area contributed by atoms with E-state index < -0.39 is 36.2 Å². The van der Waals surface area contributed by atoms with Crippen molar-refractivity contribution in [1.29, 1.82) is 0 Å². The van der Waals surface area contributed by atoms with Gasteiger partial charge in [-0.1, -0.05) is 12.1 Å². The van der Waals surface area contributed by atoms with E-state index in [0.29, 0.717) is 5.69 Å². The Hall–Kier alpha value is -3.43. The third kappa shape index (κ3) is 7.12. The van der Waals surface area contributed by atoms with Gasteiger partial charge in [0.15, 0.2) is 0 Å². The second-order valence-corrected chi connectivity index (χ2v) is 4.94. The van der Waals surface area contributed by atoms with Crippen molar-refractivity contribution in [1.82, 2.24) is 5.32 Å². The van der Waals surface area contributed by atoms with Crippen molar-refractivity contribution in [3.05, 3.63) is 29.8 Å². The van der Waals surface area contributed by atoms with Crippen molar-refractivity contribution in [2.75, 3.05) is 11.9 Å². The number of hydrogen-bond donors (Lipinski definition) is 3. The molecule has 25 heavy (non-hydrogen) atoms. The smallest absolute Gasteiger partial charge is 0.224 e. The number of anilines is 1. The van der Waals surface area contributed by atoms with Gasteiger partial charge in [-0.2, -0.15) is 5.10 Å². The first-order valence-electron chi connectivity index (χ1n) is 7.15. The van der Waals surface area contributed by atoms with Crippen LogP contribution in [0.5, 0.6) is 0 Å². The molecule has 10 nitrogen and oxygen atoms in total. The molecule has 0 bridgehead atoms. The molecule has 4 N–H and O–H groups in total. The van der Waals surface area contributed by atoms with Crippen molar-refractivity contribution in [2.45, 2.75) is 12.8 Å². The van der Waals surface area contributed by atoms with Crippen LogP contribution in [0.4, 0.5) is 5.69 Å². The summed E-state index contributed by atoms with van der Waals surface area (Å²) in [6, 6.07) is 6.61. The third-order valence-corrected chi connectivity index (χ3v) is 3.07. The largest absolute Gasteiger partial charge is 0.549 e. The van der Waals surface area contributed by atoms with Crippen molar-refractivity contribution < 1.29 is 29.4 Å². The van der Waals surface area contributed by atoms with Gasteiger partial charge in [0.05, 0.1) is 24.1 Å². The Morgan fingerprint density at radius 2 is 1.60 bits per heavy atom. The molecule has 0 aromatic heterocycles. The van der Waals surface area contributed by atoms with Crippen LogP contribution in [0.2, 0.25) is 0 Å². The fourth-order valence-electron chi connectivity index (χ4n) is 1.76. The summed E-state index contributed by atoms with van der Waals surface area (Å²) >= 11 is 0. The van der Waals surface area contributed by atoms with Gasteiger partial charge in [-0.15, -0.1) is 0 Å². The van der Waals surface area contributed by atoms with E-state index in [1.807, 2.05) is 0 Å². The maximum atomic E-state index is 11.7. The molecule has 0 fully saturated rings. The predicted octanol–water partition coefficient (Wildman–Crippen LogP) is -3.07. The topological polar surface area (TPSA) is 177 Å². The highest BCUT2D eigenvalue weighted by Gasteiger charge is 2.13. The summed E-state index contributed by atoms with van der Waals surface area (Å²) in [4.78, 5) is 44.3. The lowest BCUT2D eigenvalue weighted by Gasteiger charge is -2.19. The summed E-state index contributed by atoms with van der Waals surface area (Å²) in [5.74, 6) is -1.76. The maximum Gasteiger partial charge on any atom is 0.224 e. The zero-order valence-electron chi connectivity index (χ0n) is 13.1. The molecule has 0 aliphatic rings. The minimum atomic E-state index is -1.95. The first-order chi connectivity index (χ1) is 11.8. The predicted molar refractivity (Wildman–Crippen MR) is 82.6 cm³/mol. The fraction of sp³-hybridized carbons (Fsp3) is 0.267. The fourth-order valence-corrected chi connectivity index (χ4v) is 1.76. The van der Waals surface area contributed by atoms with Crippen LogP contribution in [-0.2, 0) is 19.2 Å². The Labute approximate surface area is 142 Å². The van der Waals surface area contributed by atoms with Crippen LogP contribution in [0.3, 0.4) is 0 Å². The molecule has 0 radical (unpaired) electrons. The second-order valence-electron chi connectivity index (χ2n) is 4.94. The summed E-state index contributed by atoms with van der Waals surface area (Å²) in [6.45, 7) is -0.671. The number of nitrogens with zero attached hydrogens (tertiary/aromatic N) is 1. The number of nitrogens with two attached hydrogens (primary N) is 1. The number of carbonyl (C=O) groups is 4. The summed E-state index contributed by atoms with van der Waals surface area (Å²) < 4.78 is 0. The number of amides is 2. The zero-order chi connectivity index (χ0) is 18.8. The number of hydrogen-bond acceptors (Lipinski definition) is 8. The number of carboxylic acids is 2. The molecule has 0 aliphatic carbocycles. The van der Waals surface area contributed by atoms with E-state index in [2.05, 4.69) is 15.7 Å². The average molecular weight is 348 g/mol. The van der Waals surface area contributed by atoms with Gasteiger partial charge in [-0.05, 0) is 17.7 Å². The molecule has 0 saturated heterocycles. The number of carboxylic acid groups (broad SMARTS) is 2. The van der Waals surface area contributed by atoms with Gasteiger partial charge >= 0.3 is 0 Å². The number of benzene rings is 1. The van der Waals surface area contributed by atoms with Gasteiger partial charge in [0.2, 0.25) is 11.8 Å². The normalized spacial score (nSPS) is 10.6. The van der Waals surface area contributed by atoms with E-state index in [1.54, 1.807) is 24.3 Å². The Bertz CT molecular complexity index is 657. The van der Waals surface area contributed by atoms with Crippen LogP contribution >= 0.6 is 0 Å². The Morgan fingerprint density at radius 1 is 1.04 bits per heavy atom. The number of nitrogens with one attached hydrogen (secondary N) is 2. The summed E-state index contributed by atoms with van der Waals surface area (Å²) in [5.41, 5.74) is 1.25. The average Bonchev–Trinajstić information content (AvgIpc) is 2.54. The van der Waals surface area contributed by atoms with Gasteiger partial charge in [-0.25, -0.2) is 0 Å². The molecule has 1 aromatic carbocycles. The molecule has 0 saturated carbocycles. The Morgan fingerprint density at radius 3 is 2.12 bits per heavy atom. The van der Waals surface area contributed by atoms with Gasteiger partial charge in [0, 0.05) is 25.1 Å². The molecule has 1 rings (SSSR count). The highest BCUT2D eigenvalue weighted by Crippen LogP contribution is 2.09. The SMILES string of the molecule is NN=Cc1ccc(NC(=O)CCC(=O)NCC(C(=O)[O-])C(=O)[O-])cc1. The van der Waals surface area contributed by atoms with E-state index >= 15 is 0 Å². The molecule has 0 heterocycles. The maximum absolute atomic E-state index is 11.7. The standard InChI is InChI=1S/C15H18N4O6/c16-18-7-9-1-3-10(4-2-9)19-13(21)6-5-12(20)17-8-11(14(22)23)15(24)25/h1-4,7,11H,5-6,8,16H2,(H,17,20)(H,19,21)(H,22,23)(H,24,25)/p-2. The molecule has 0 unspecified atom stereocenters. The quantitative estimate of drug-likeness (QED) is 0.183. The van der Waals surface area contributed by atoms with Gasteiger partial charge in [0.25, 0.3) is 0 Å². The molecule has 0 atom stereocenters.